The monoisotopic (exact) mass is 213 g/mol. The summed E-state index contributed by atoms with van der Waals surface area (Å²) >= 11 is 0. The van der Waals surface area contributed by atoms with Crippen molar-refractivity contribution in [3.05, 3.63) is 35.4 Å². The average Bonchev–Trinajstić information content (AvgIpc) is 2.17. The lowest BCUT2D eigenvalue weighted by molar-refractivity contribution is -0.137. The molecule has 0 amide bonds. The molecule has 0 aliphatic carbocycles. The Morgan fingerprint density at radius 1 is 1.20 bits per heavy atom. The van der Waals surface area contributed by atoms with Gasteiger partial charge in [0.25, 0.3) is 0 Å². The fraction of sp³-hybridized carbons (Fsp3) is 0.273. The zero-order chi connectivity index (χ0) is 11.3. The summed E-state index contributed by atoms with van der Waals surface area (Å²) in [5.41, 5.74) is 4.49. The van der Waals surface area contributed by atoms with E-state index in [1.807, 2.05) is 0 Å². The van der Waals surface area contributed by atoms with Gasteiger partial charge < -0.3 is 5.73 Å². The molecule has 0 unspecified atom stereocenters. The third-order valence-corrected chi connectivity index (χ3v) is 1.72. The van der Waals surface area contributed by atoms with Crippen LogP contribution in [-0.4, -0.2) is 6.54 Å². The van der Waals surface area contributed by atoms with Crippen LogP contribution in [0, 0.1) is 11.8 Å². The molecule has 0 aliphatic rings. The van der Waals surface area contributed by atoms with Crippen LogP contribution in [0.5, 0.6) is 0 Å². The Morgan fingerprint density at radius 2 is 1.87 bits per heavy atom. The van der Waals surface area contributed by atoms with Gasteiger partial charge in [-0.3, -0.25) is 0 Å². The Kier molecular flexibility index (Phi) is 3.75. The number of benzene rings is 1. The maximum absolute atomic E-state index is 12.5. The zero-order valence-electron chi connectivity index (χ0n) is 7.93. The minimum Gasteiger partial charge on any atom is -0.330 e. The topological polar surface area (TPSA) is 26.0 Å². The van der Waals surface area contributed by atoms with Gasteiger partial charge in [0.05, 0.1) is 5.56 Å². The predicted octanol–water partition coefficient (Wildman–Crippen LogP) is 2.41. The first kappa shape index (κ1) is 11.6. The molecule has 0 spiro atoms. The first-order valence-corrected chi connectivity index (χ1v) is 4.41. The summed E-state index contributed by atoms with van der Waals surface area (Å²) in [7, 11) is 0. The van der Waals surface area contributed by atoms with Gasteiger partial charge in [0, 0.05) is 18.5 Å². The molecular weight excluding hydrogens is 203 g/mol. The van der Waals surface area contributed by atoms with Crippen LogP contribution in [0.4, 0.5) is 13.2 Å². The van der Waals surface area contributed by atoms with Crippen molar-refractivity contribution in [2.45, 2.75) is 12.6 Å². The maximum Gasteiger partial charge on any atom is 0.417 e. The molecular formula is C11H10F3N. The molecule has 1 aromatic carbocycles. The van der Waals surface area contributed by atoms with Crippen LogP contribution < -0.4 is 5.73 Å². The zero-order valence-corrected chi connectivity index (χ0v) is 7.93. The minimum atomic E-state index is -4.35. The number of alkyl halides is 3. The normalized spacial score (nSPS) is 10.7. The molecule has 1 nitrogen and oxygen atoms in total. The summed E-state index contributed by atoms with van der Waals surface area (Å²) in [5.74, 6) is 5.06. The Balaban J connectivity index is 3.04. The Bertz CT molecular complexity index is 385. The van der Waals surface area contributed by atoms with Gasteiger partial charge >= 0.3 is 6.18 Å². The average molecular weight is 213 g/mol. The van der Waals surface area contributed by atoms with Gasteiger partial charge in [-0.25, -0.2) is 0 Å². The predicted molar refractivity (Wildman–Crippen MR) is 52.0 cm³/mol. The van der Waals surface area contributed by atoms with Crippen LogP contribution in [0.15, 0.2) is 24.3 Å². The third kappa shape index (κ3) is 3.30. The fourth-order valence-electron chi connectivity index (χ4n) is 1.07. The van der Waals surface area contributed by atoms with Crippen molar-refractivity contribution in [2.24, 2.45) is 5.73 Å². The van der Waals surface area contributed by atoms with Crippen molar-refractivity contribution in [1.82, 2.24) is 0 Å². The molecule has 4 heteroatoms. The van der Waals surface area contributed by atoms with Crippen LogP contribution in [-0.2, 0) is 6.18 Å². The van der Waals surface area contributed by atoms with Crippen molar-refractivity contribution in [3.63, 3.8) is 0 Å². The van der Waals surface area contributed by atoms with E-state index >= 15 is 0 Å². The molecule has 0 heterocycles. The van der Waals surface area contributed by atoms with Crippen LogP contribution in [0.3, 0.4) is 0 Å². The SMILES string of the molecule is NCCC#Cc1ccccc1C(F)(F)F. The quantitative estimate of drug-likeness (QED) is 0.712. The Morgan fingerprint density at radius 3 is 2.47 bits per heavy atom. The summed E-state index contributed by atoms with van der Waals surface area (Å²) in [6.45, 7) is 0.348. The number of nitrogens with two attached hydrogens (primary N) is 1. The first-order valence-electron chi connectivity index (χ1n) is 4.41. The third-order valence-electron chi connectivity index (χ3n) is 1.72. The van der Waals surface area contributed by atoms with E-state index in [0.29, 0.717) is 13.0 Å². The van der Waals surface area contributed by atoms with Crippen LogP contribution in [0.1, 0.15) is 17.5 Å². The van der Waals surface area contributed by atoms with Gasteiger partial charge in [0.1, 0.15) is 0 Å². The largest absolute Gasteiger partial charge is 0.417 e. The molecule has 0 fully saturated rings. The highest BCUT2D eigenvalue weighted by Gasteiger charge is 2.32. The molecule has 1 aromatic rings. The fourth-order valence-corrected chi connectivity index (χ4v) is 1.07. The molecule has 0 bridgehead atoms. The van der Waals surface area contributed by atoms with Gasteiger partial charge in [0.2, 0.25) is 0 Å². The molecule has 15 heavy (non-hydrogen) atoms. The molecule has 0 atom stereocenters. The number of rotatable bonds is 1. The molecule has 1 rings (SSSR count). The van der Waals surface area contributed by atoms with Gasteiger partial charge in [-0.1, -0.05) is 24.0 Å². The molecule has 0 aromatic heterocycles. The maximum atomic E-state index is 12.5. The second-order valence-electron chi connectivity index (χ2n) is 2.88. The summed E-state index contributed by atoms with van der Waals surface area (Å²) < 4.78 is 37.4. The summed E-state index contributed by atoms with van der Waals surface area (Å²) in [5, 5.41) is 0. The van der Waals surface area contributed by atoms with E-state index in [0.717, 1.165) is 6.07 Å². The lowest BCUT2D eigenvalue weighted by Gasteiger charge is -2.07. The number of hydrogen-bond acceptors (Lipinski definition) is 1. The lowest BCUT2D eigenvalue weighted by Crippen LogP contribution is -2.07. The molecule has 0 saturated carbocycles. The van der Waals surface area contributed by atoms with Crippen LogP contribution >= 0.6 is 0 Å². The second kappa shape index (κ2) is 4.85. The molecule has 0 radical (unpaired) electrons. The van der Waals surface area contributed by atoms with E-state index in [9.17, 15) is 13.2 Å². The summed E-state index contributed by atoms with van der Waals surface area (Å²) in [6.07, 6.45) is -3.96. The van der Waals surface area contributed by atoms with E-state index in [2.05, 4.69) is 11.8 Å². The van der Waals surface area contributed by atoms with E-state index in [1.54, 1.807) is 0 Å². The second-order valence-corrected chi connectivity index (χ2v) is 2.88. The van der Waals surface area contributed by atoms with Crippen molar-refractivity contribution in [2.75, 3.05) is 6.54 Å². The highest BCUT2D eigenvalue weighted by atomic mass is 19.4. The first-order chi connectivity index (χ1) is 7.05. The highest BCUT2D eigenvalue weighted by molar-refractivity contribution is 5.42. The van der Waals surface area contributed by atoms with Gasteiger partial charge in [-0.05, 0) is 12.1 Å². The highest BCUT2D eigenvalue weighted by Crippen LogP contribution is 2.31. The van der Waals surface area contributed by atoms with E-state index in [4.69, 9.17) is 5.73 Å². The molecule has 0 saturated heterocycles. The van der Waals surface area contributed by atoms with Gasteiger partial charge in [0.15, 0.2) is 0 Å². The Hall–Kier alpha value is -1.47. The van der Waals surface area contributed by atoms with E-state index in [1.165, 1.54) is 18.2 Å². The molecule has 80 valence electrons. The summed E-state index contributed by atoms with van der Waals surface area (Å²) in [6, 6.07) is 5.25. The number of halogens is 3. The molecule has 2 N–H and O–H groups in total. The summed E-state index contributed by atoms with van der Waals surface area (Å²) in [4.78, 5) is 0. The van der Waals surface area contributed by atoms with E-state index < -0.39 is 11.7 Å². The van der Waals surface area contributed by atoms with Gasteiger partial charge in [-0.2, -0.15) is 13.2 Å². The Labute approximate surface area is 86.1 Å². The van der Waals surface area contributed by atoms with Crippen molar-refractivity contribution in [1.29, 1.82) is 0 Å². The van der Waals surface area contributed by atoms with Crippen molar-refractivity contribution >= 4 is 0 Å². The number of hydrogen-bond donors (Lipinski definition) is 1. The molecule has 0 aliphatic heterocycles. The van der Waals surface area contributed by atoms with Crippen molar-refractivity contribution < 1.29 is 13.2 Å². The lowest BCUT2D eigenvalue weighted by atomic mass is 10.1. The standard InChI is InChI=1S/C11H10F3N/c12-11(13,14)10-7-2-1-5-9(10)6-3-4-8-15/h1-2,5,7H,4,8,15H2. The van der Waals surface area contributed by atoms with E-state index in [-0.39, 0.29) is 5.56 Å². The van der Waals surface area contributed by atoms with Crippen LogP contribution in [0.25, 0.3) is 0 Å². The van der Waals surface area contributed by atoms with Crippen molar-refractivity contribution in [3.8, 4) is 11.8 Å². The van der Waals surface area contributed by atoms with Gasteiger partial charge in [-0.15, -0.1) is 0 Å². The van der Waals surface area contributed by atoms with Crippen LogP contribution in [0.2, 0.25) is 0 Å². The smallest absolute Gasteiger partial charge is 0.330 e. The minimum absolute atomic E-state index is 0.00144.